The van der Waals surface area contributed by atoms with Gasteiger partial charge in [-0.3, -0.25) is 14.5 Å². The number of Topliss-reactive ketones (excluding diaryl/α,β-unsaturated/α-hetero) is 1. The first-order chi connectivity index (χ1) is 10.4. The average Bonchev–Trinajstić information content (AvgIpc) is 2.52. The minimum Gasteiger partial charge on any atom is -0.495 e. The lowest BCUT2D eigenvalue weighted by Crippen LogP contribution is -2.35. The zero-order chi connectivity index (χ0) is 16.7. The molecule has 8 heteroatoms. The Morgan fingerprint density at radius 3 is 2.45 bits per heavy atom. The van der Waals surface area contributed by atoms with Crippen molar-refractivity contribution in [2.45, 2.75) is 13.3 Å². The van der Waals surface area contributed by atoms with Crippen LogP contribution >= 0.6 is 0 Å². The lowest BCUT2D eigenvalue weighted by molar-refractivity contribution is -0.181. The third-order valence-corrected chi connectivity index (χ3v) is 2.89. The highest BCUT2D eigenvalue weighted by Crippen LogP contribution is 2.30. The van der Waals surface area contributed by atoms with Crippen LogP contribution in [0.2, 0.25) is 0 Å². The molecule has 0 saturated heterocycles. The SMILES string of the molecule is CCC(=O)c1ccc(OC)c(N(CC(=O)O)CC(=O)OF)c1. The molecule has 0 spiro atoms. The quantitative estimate of drug-likeness (QED) is 0.729. The summed E-state index contributed by atoms with van der Waals surface area (Å²) in [5.74, 6) is -2.40. The second kappa shape index (κ2) is 7.96. The van der Waals surface area contributed by atoms with Gasteiger partial charge in [0, 0.05) is 16.5 Å². The molecule has 1 N–H and O–H groups in total. The molecule has 22 heavy (non-hydrogen) atoms. The van der Waals surface area contributed by atoms with Gasteiger partial charge in [0.05, 0.1) is 12.8 Å². The van der Waals surface area contributed by atoms with E-state index in [1.54, 1.807) is 6.92 Å². The van der Waals surface area contributed by atoms with Gasteiger partial charge < -0.3 is 14.7 Å². The number of carbonyl (C=O) groups is 3. The number of carboxylic acid groups (broad SMARTS) is 1. The fourth-order valence-electron chi connectivity index (χ4n) is 1.88. The molecule has 0 bridgehead atoms. The van der Waals surface area contributed by atoms with E-state index in [2.05, 4.69) is 4.94 Å². The van der Waals surface area contributed by atoms with Gasteiger partial charge in [-0.2, -0.15) is 0 Å². The molecule has 1 rings (SSSR count). The molecule has 0 saturated carbocycles. The normalized spacial score (nSPS) is 9.95. The Labute approximate surface area is 126 Å². The third-order valence-electron chi connectivity index (χ3n) is 2.89. The van der Waals surface area contributed by atoms with Gasteiger partial charge in [-0.05, 0) is 18.2 Å². The second-order valence-corrected chi connectivity index (χ2v) is 4.36. The van der Waals surface area contributed by atoms with E-state index >= 15 is 0 Å². The first-order valence-electron chi connectivity index (χ1n) is 6.42. The van der Waals surface area contributed by atoms with Crippen LogP contribution in [0.25, 0.3) is 0 Å². The number of hydrogen-bond acceptors (Lipinski definition) is 6. The lowest BCUT2D eigenvalue weighted by atomic mass is 10.1. The lowest BCUT2D eigenvalue weighted by Gasteiger charge is -2.23. The van der Waals surface area contributed by atoms with Gasteiger partial charge in [0.1, 0.15) is 18.8 Å². The molecule has 0 fully saturated rings. The van der Waals surface area contributed by atoms with Gasteiger partial charge in [0.15, 0.2) is 5.78 Å². The fraction of sp³-hybridized carbons (Fsp3) is 0.357. The third kappa shape index (κ3) is 4.44. The van der Waals surface area contributed by atoms with E-state index in [4.69, 9.17) is 9.84 Å². The van der Waals surface area contributed by atoms with Crippen molar-refractivity contribution in [2.75, 3.05) is 25.1 Å². The molecule has 7 nitrogen and oxygen atoms in total. The van der Waals surface area contributed by atoms with E-state index in [-0.39, 0.29) is 23.6 Å². The number of nitrogens with zero attached hydrogens (tertiary/aromatic N) is 1. The molecular formula is C14H16FNO6. The van der Waals surface area contributed by atoms with Crippen molar-refractivity contribution < 1.29 is 33.7 Å². The Bertz CT molecular complexity index is 574. The Morgan fingerprint density at radius 1 is 1.27 bits per heavy atom. The monoisotopic (exact) mass is 313 g/mol. The summed E-state index contributed by atoms with van der Waals surface area (Å²) in [7, 11) is 1.35. The van der Waals surface area contributed by atoms with Crippen LogP contribution in [0.1, 0.15) is 23.7 Å². The number of carbonyl (C=O) groups excluding carboxylic acids is 2. The summed E-state index contributed by atoms with van der Waals surface area (Å²) in [6, 6.07) is 4.41. The molecule has 0 radical (unpaired) electrons. The van der Waals surface area contributed by atoms with Crippen molar-refractivity contribution in [3.63, 3.8) is 0 Å². The van der Waals surface area contributed by atoms with Crippen molar-refractivity contribution >= 4 is 23.4 Å². The predicted octanol–water partition coefficient (Wildman–Crippen LogP) is 1.61. The van der Waals surface area contributed by atoms with Crippen LogP contribution in [0.5, 0.6) is 5.75 Å². The highest BCUT2D eigenvalue weighted by atomic mass is 19.3. The van der Waals surface area contributed by atoms with Crippen molar-refractivity contribution in [3.8, 4) is 5.75 Å². The maximum atomic E-state index is 11.9. The van der Waals surface area contributed by atoms with Gasteiger partial charge >= 0.3 is 11.9 Å². The first-order valence-corrected chi connectivity index (χ1v) is 6.42. The maximum absolute atomic E-state index is 11.9. The summed E-state index contributed by atoms with van der Waals surface area (Å²) < 4.78 is 17.0. The Kier molecular flexibility index (Phi) is 6.30. The molecule has 1 aromatic rings. The number of ether oxygens (including phenoxy) is 1. The smallest absolute Gasteiger partial charge is 0.367 e. The number of benzene rings is 1. The van der Waals surface area contributed by atoms with Crippen LogP contribution in [-0.2, 0) is 14.5 Å². The highest BCUT2D eigenvalue weighted by molar-refractivity contribution is 5.97. The Hall–Kier alpha value is -2.64. The minimum absolute atomic E-state index is 0.160. The number of aliphatic carboxylic acids is 1. The van der Waals surface area contributed by atoms with E-state index in [9.17, 15) is 18.9 Å². The fourth-order valence-corrected chi connectivity index (χ4v) is 1.88. The number of hydrogen-bond donors (Lipinski definition) is 1. The Morgan fingerprint density at radius 2 is 1.95 bits per heavy atom. The average molecular weight is 313 g/mol. The number of rotatable bonds is 8. The molecule has 0 aliphatic carbocycles. The van der Waals surface area contributed by atoms with E-state index in [0.717, 1.165) is 4.90 Å². The Balaban J connectivity index is 3.27. The topological polar surface area (TPSA) is 93.1 Å². The van der Waals surface area contributed by atoms with Crippen molar-refractivity contribution in [2.24, 2.45) is 0 Å². The molecule has 0 heterocycles. The molecule has 0 aliphatic heterocycles. The number of halogens is 1. The molecule has 0 atom stereocenters. The van der Waals surface area contributed by atoms with Crippen LogP contribution in [0.3, 0.4) is 0 Å². The molecule has 0 aliphatic rings. The van der Waals surface area contributed by atoms with E-state index in [1.807, 2.05) is 0 Å². The molecule has 120 valence electrons. The summed E-state index contributed by atoms with van der Waals surface area (Å²) in [4.78, 5) is 37.9. The maximum Gasteiger partial charge on any atom is 0.367 e. The summed E-state index contributed by atoms with van der Waals surface area (Å²) in [5, 5.41) is 8.92. The number of carboxylic acids is 1. The van der Waals surface area contributed by atoms with Gasteiger partial charge in [0.25, 0.3) is 0 Å². The largest absolute Gasteiger partial charge is 0.495 e. The van der Waals surface area contributed by atoms with Gasteiger partial charge in [0.2, 0.25) is 0 Å². The molecular weight excluding hydrogens is 297 g/mol. The van der Waals surface area contributed by atoms with Crippen LogP contribution in [0.4, 0.5) is 10.2 Å². The summed E-state index contributed by atoms with van der Waals surface area (Å²) >= 11 is 0. The van der Waals surface area contributed by atoms with Gasteiger partial charge in [-0.1, -0.05) is 6.92 Å². The van der Waals surface area contributed by atoms with E-state index < -0.39 is 25.0 Å². The predicted molar refractivity (Wildman–Crippen MR) is 74.7 cm³/mol. The molecule has 0 unspecified atom stereocenters. The molecule has 0 aromatic heterocycles. The highest BCUT2D eigenvalue weighted by Gasteiger charge is 2.21. The van der Waals surface area contributed by atoms with E-state index in [0.29, 0.717) is 5.56 Å². The number of anilines is 1. The zero-order valence-corrected chi connectivity index (χ0v) is 12.2. The van der Waals surface area contributed by atoms with Crippen molar-refractivity contribution in [1.82, 2.24) is 0 Å². The summed E-state index contributed by atoms with van der Waals surface area (Å²) in [6.45, 7) is 0.458. The minimum atomic E-state index is -1.25. The first kappa shape index (κ1) is 17.4. The molecule has 0 amide bonds. The van der Waals surface area contributed by atoms with Crippen LogP contribution < -0.4 is 9.64 Å². The summed E-state index contributed by atoms with van der Waals surface area (Å²) in [6.07, 6.45) is 0.261. The van der Waals surface area contributed by atoms with Gasteiger partial charge in [-0.25, -0.2) is 4.79 Å². The summed E-state index contributed by atoms with van der Waals surface area (Å²) in [5.41, 5.74) is 0.525. The van der Waals surface area contributed by atoms with Crippen molar-refractivity contribution in [1.29, 1.82) is 0 Å². The standard InChI is InChI=1S/C14H16FNO6/c1-3-11(17)9-4-5-12(21-2)10(6-9)16(7-13(18)19)8-14(20)22-15/h4-6H,3,7-8H2,1-2H3,(H,18,19). The number of ketones is 1. The van der Waals surface area contributed by atoms with Crippen molar-refractivity contribution in [3.05, 3.63) is 23.8 Å². The number of methoxy groups -OCH3 is 1. The van der Waals surface area contributed by atoms with Crippen LogP contribution in [-0.4, -0.2) is 43.0 Å². The van der Waals surface area contributed by atoms with Crippen LogP contribution in [0.15, 0.2) is 18.2 Å². The van der Waals surface area contributed by atoms with E-state index in [1.165, 1.54) is 25.3 Å². The zero-order valence-electron chi connectivity index (χ0n) is 12.2. The van der Waals surface area contributed by atoms with Crippen LogP contribution in [0, 0.1) is 0 Å². The second-order valence-electron chi connectivity index (χ2n) is 4.36. The molecule has 1 aromatic carbocycles. The van der Waals surface area contributed by atoms with Gasteiger partial charge in [-0.15, -0.1) is 0 Å².